The molecule has 0 saturated carbocycles. The Morgan fingerprint density at radius 2 is 1.84 bits per heavy atom. The van der Waals surface area contributed by atoms with Crippen LogP contribution in [-0.4, -0.2) is 10.9 Å². The summed E-state index contributed by atoms with van der Waals surface area (Å²) in [6.45, 7) is 3.97. The third-order valence-electron chi connectivity index (χ3n) is 3.93. The van der Waals surface area contributed by atoms with E-state index >= 15 is 0 Å². The molecule has 0 atom stereocenters. The van der Waals surface area contributed by atoms with Gasteiger partial charge in [-0.05, 0) is 35.7 Å². The molecule has 3 rings (SSSR count). The molecule has 3 aromatic rings. The fraction of sp³-hybridized carbons (Fsp3) is 0.158. The number of fused-ring (bicyclic) bond motifs is 1. The van der Waals surface area contributed by atoms with Gasteiger partial charge in [-0.15, -0.1) is 0 Å². The quantitative estimate of drug-likeness (QED) is 0.750. The van der Waals surface area contributed by atoms with Crippen molar-refractivity contribution in [3.63, 3.8) is 0 Å². The maximum atomic E-state index is 13.7. The molecule has 1 aromatic heterocycles. The van der Waals surface area contributed by atoms with E-state index in [9.17, 15) is 18.4 Å². The van der Waals surface area contributed by atoms with Crippen molar-refractivity contribution in [1.82, 2.24) is 4.98 Å². The average Bonchev–Trinajstić information content (AvgIpc) is 2.53. The van der Waals surface area contributed by atoms with Gasteiger partial charge >= 0.3 is 0 Å². The Labute approximate surface area is 142 Å². The fourth-order valence-electron chi connectivity index (χ4n) is 2.71. The van der Waals surface area contributed by atoms with E-state index < -0.39 is 17.5 Å². The number of carbonyl (C=O) groups is 1. The monoisotopic (exact) mass is 342 g/mol. The van der Waals surface area contributed by atoms with E-state index in [0.717, 1.165) is 23.1 Å². The van der Waals surface area contributed by atoms with Crippen molar-refractivity contribution in [1.29, 1.82) is 0 Å². The summed E-state index contributed by atoms with van der Waals surface area (Å²) in [5.74, 6) is -2.22. The third-order valence-corrected chi connectivity index (χ3v) is 3.93. The largest absolute Gasteiger partial charge is 0.322 e. The number of hydrogen-bond donors (Lipinski definition) is 2. The highest BCUT2D eigenvalue weighted by atomic mass is 19.1. The Hall–Kier alpha value is -3.02. The van der Waals surface area contributed by atoms with E-state index in [1.54, 1.807) is 24.3 Å². The highest BCUT2D eigenvalue weighted by Crippen LogP contribution is 2.25. The van der Waals surface area contributed by atoms with Crippen LogP contribution in [0.5, 0.6) is 0 Å². The molecule has 0 aliphatic rings. The van der Waals surface area contributed by atoms with Crippen molar-refractivity contribution in [3.05, 3.63) is 75.6 Å². The van der Waals surface area contributed by atoms with E-state index in [1.165, 1.54) is 0 Å². The van der Waals surface area contributed by atoms with Gasteiger partial charge in [-0.3, -0.25) is 9.59 Å². The second-order valence-corrected chi connectivity index (χ2v) is 6.08. The highest BCUT2D eigenvalue weighted by molar-refractivity contribution is 6.05. The molecular weight excluding hydrogens is 326 g/mol. The summed E-state index contributed by atoms with van der Waals surface area (Å²) in [6.07, 6.45) is 0. The SMILES string of the molecule is CC(C)c1cc(=O)[nH]c2cc(NC(=O)c3ccc(F)cc3F)ccc12. The van der Waals surface area contributed by atoms with Gasteiger partial charge in [0.15, 0.2) is 0 Å². The van der Waals surface area contributed by atoms with E-state index in [-0.39, 0.29) is 17.0 Å². The first-order chi connectivity index (χ1) is 11.8. The number of carbonyl (C=O) groups excluding carboxylic acids is 1. The minimum absolute atomic E-state index is 0.165. The molecule has 0 radical (unpaired) electrons. The molecule has 0 aliphatic heterocycles. The van der Waals surface area contributed by atoms with Gasteiger partial charge in [0.25, 0.3) is 5.91 Å². The number of hydrogen-bond acceptors (Lipinski definition) is 2. The zero-order valence-electron chi connectivity index (χ0n) is 13.7. The normalized spacial score (nSPS) is 11.1. The Bertz CT molecular complexity index is 1030. The Morgan fingerprint density at radius 3 is 2.52 bits per heavy atom. The predicted octanol–water partition coefficient (Wildman–Crippen LogP) is 4.18. The summed E-state index contributed by atoms with van der Waals surface area (Å²) in [7, 11) is 0. The van der Waals surface area contributed by atoms with Crippen molar-refractivity contribution in [2.24, 2.45) is 0 Å². The molecule has 25 heavy (non-hydrogen) atoms. The van der Waals surface area contributed by atoms with Crippen LogP contribution < -0.4 is 10.9 Å². The number of pyridine rings is 1. The molecule has 0 saturated heterocycles. The Balaban J connectivity index is 1.97. The highest BCUT2D eigenvalue weighted by Gasteiger charge is 2.14. The third kappa shape index (κ3) is 3.42. The van der Waals surface area contributed by atoms with Gasteiger partial charge < -0.3 is 10.3 Å². The molecule has 1 heterocycles. The molecule has 0 aliphatic carbocycles. The maximum absolute atomic E-state index is 13.7. The number of anilines is 1. The first kappa shape index (κ1) is 16.8. The zero-order chi connectivity index (χ0) is 18.1. The van der Waals surface area contributed by atoms with Crippen molar-refractivity contribution < 1.29 is 13.6 Å². The topological polar surface area (TPSA) is 62.0 Å². The number of rotatable bonds is 3. The summed E-state index contributed by atoms with van der Waals surface area (Å²) in [4.78, 5) is 26.7. The first-order valence-electron chi connectivity index (χ1n) is 7.78. The van der Waals surface area contributed by atoms with Crippen molar-refractivity contribution in [3.8, 4) is 0 Å². The number of nitrogens with one attached hydrogen (secondary N) is 2. The average molecular weight is 342 g/mol. The van der Waals surface area contributed by atoms with Crippen LogP contribution in [0.2, 0.25) is 0 Å². The lowest BCUT2D eigenvalue weighted by Gasteiger charge is -2.11. The lowest BCUT2D eigenvalue weighted by Crippen LogP contribution is -2.14. The van der Waals surface area contributed by atoms with Crippen molar-refractivity contribution in [2.75, 3.05) is 5.32 Å². The summed E-state index contributed by atoms with van der Waals surface area (Å²) in [5.41, 5.74) is 1.39. The molecule has 128 valence electrons. The minimum atomic E-state index is -0.936. The van der Waals surface area contributed by atoms with Crippen LogP contribution in [0.3, 0.4) is 0 Å². The smallest absolute Gasteiger partial charge is 0.258 e. The molecule has 0 bridgehead atoms. The van der Waals surface area contributed by atoms with Gasteiger partial charge in [0.1, 0.15) is 11.6 Å². The van der Waals surface area contributed by atoms with Crippen LogP contribution in [0.25, 0.3) is 10.9 Å². The second-order valence-electron chi connectivity index (χ2n) is 6.08. The summed E-state index contributed by atoms with van der Waals surface area (Å²) in [5, 5.41) is 3.43. The molecule has 2 N–H and O–H groups in total. The molecule has 0 spiro atoms. The molecular formula is C19H16F2N2O2. The van der Waals surface area contributed by atoms with Crippen molar-refractivity contribution in [2.45, 2.75) is 19.8 Å². The Morgan fingerprint density at radius 1 is 1.08 bits per heavy atom. The number of H-pyrrole nitrogens is 1. The molecule has 1 amide bonds. The maximum Gasteiger partial charge on any atom is 0.258 e. The standard InChI is InChI=1S/C19H16F2N2O2/c1-10(2)15-9-18(24)23-17-8-12(4-6-13(15)17)22-19(25)14-5-3-11(20)7-16(14)21/h3-10H,1-2H3,(H,22,25)(H,23,24). The predicted molar refractivity (Wildman–Crippen MR) is 93.0 cm³/mol. The van der Waals surface area contributed by atoms with Gasteiger partial charge in [-0.25, -0.2) is 8.78 Å². The van der Waals surface area contributed by atoms with Crippen LogP contribution >= 0.6 is 0 Å². The van der Waals surface area contributed by atoms with Gasteiger partial charge in [0, 0.05) is 23.2 Å². The number of aromatic amines is 1. The molecule has 2 aromatic carbocycles. The van der Waals surface area contributed by atoms with Gasteiger partial charge in [-0.2, -0.15) is 0 Å². The van der Waals surface area contributed by atoms with Crippen LogP contribution in [0.1, 0.15) is 35.7 Å². The van der Waals surface area contributed by atoms with Gasteiger partial charge in [0.05, 0.1) is 11.1 Å². The van der Waals surface area contributed by atoms with Crippen LogP contribution in [0, 0.1) is 11.6 Å². The molecule has 0 unspecified atom stereocenters. The summed E-state index contributed by atoms with van der Waals surface area (Å²) < 4.78 is 26.7. The molecule has 0 fully saturated rings. The molecule has 6 heteroatoms. The van der Waals surface area contributed by atoms with Crippen LogP contribution in [0.15, 0.2) is 47.3 Å². The van der Waals surface area contributed by atoms with E-state index in [2.05, 4.69) is 10.3 Å². The first-order valence-corrected chi connectivity index (χ1v) is 7.78. The number of halogens is 2. The number of aromatic nitrogens is 1. The Kier molecular flexibility index (Phi) is 4.35. The fourth-order valence-corrected chi connectivity index (χ4v) is 2.71. The summed E-state index contributed by atoms with van der Waals surface area (Å²) >= 11 is 0. The lowest BCUT2D eigenvalue weighted by atomic mass is 9.99. The van der Waals surface area contributed by atoms with E-state index in [0.29, 0.717) is 17.3 Å². The second kappa shape index (κ2) is 6.47. The van der Waals surface area contributed by atoms with Gasteiger partial charge in [-0.1, -0.05) is 19.9 Å². The zero-order valence-corrected chi connectivity index (χ0v) is 13.7. The minimum Gasteiger partial charge on any atom is -0.322 e. The van der Waals surface area contributed by atoms with E-state index in [4.69, 9.17) is 0 Å². The van der Waals surface area contributed by atoms with Crippen molar-refractivity contribution >= 4 is 22.5 Å². The summed E-state index contributed by atoms with van der Waals surface area (Å²) in [6, 6.07) is 9.39. The van der Waals surface area contributed by atoms with Crippen LogP contribution in [-0.2, 0) is 0 Å². The van der Waals surface area contributed by atoms with Crippen LogP contribution in [0.4, 0.5) is 14.5 Å². The van der Waals surface area contributed by atoms with Gasteiger partial charge in [0.2, 0.25) is 5.56 Å². The molecule has 4 nitrogen and oxygen atoms in total. The number of amides is 1. The number of benzene rings is 2. The van der Waals surface area contributed by atoms with E-state index in [1.807, 2.05) is 13.8 Å². The lowest BCUT2D eigenvalue weighted by molar-refractivity contribution is 0.102.